The second kappa shape index (κ2) is 13.7. The van der Waals surface area contributed by atoms with Crippen LogP contribution in [0.1, 0.15) is 50.9 Å². The molecule has 1 heterocycles. The van der Waals surface area contributed by atoms with Crippen molar-refractivity contribution in [2.24, 2.45) is 5.92 Å². The van der Waals surface area contributed by atoms with Gasteiger partial charge < -0.3 is 19.1 Å². The minimum atomic E-state index is -0.182. The Balaban J connectivity index is 1.72. The number of ether oxygens (including phenoxy) is 1. The van der Waals surface area contributed by atoms with Gasteiger partial charge in [-0.2, -0.15) is 0 Å². The number of amides is 2. The van der Waals surface area contributed by atoms with Crippen LogP contribution in [-0.2, 0) is 22.7 Å². The fourth-order valence-corrected chi connectivity index (χ4v) is 4.31. The molecule has 2 amide bonds. The van der Waals surface area contributed by atoms with Crippen LogP contribution >= 0.6 is 0 Å². The quantitative estimate of drug-likeness (QED) is 0.308. The first kappa shape index (κ1) is 28.0. The summed E-state index contributed by atoms with van der Waals surface area (Å²) >= 11 is 0. The summed E-state index contributed by atoms with van der Waals surface area (Å²) < 4.78 is 7.89. The Morgan fingerprint density at radius 1 is 0.919 bits per heavy atom. The van der Waals surface area contributed by atoms with E-state index in [9.17, 15) is 9.59 Å². The van der Waals surface area contributed by atoms with Gasteiger partial charge >= 0.3 is 0 Å². The predicted molar refractivity (Wildman–Crippen MR) is 148 cm³/mol. The number of aromatic nitrogens is 1. The van der Waals surface area contributed by atoms with Gasteiger partial charge in [0, 0.05) is 31.0 Å². The Kier molecular flexibility index (Phi) is 10.4. The number of para-hydroxylation sites is 1. The lowest BCUT2D eigenvalue weighted by Gasteiger charge is -2.32. The van der Waals surface area contributed by atoms with Crippen LogP contribution in [-0.4, -0.2) is 51.9 Å². The van der Waals surface area contributed by atoms with E-state index < -0.39 is 0 Å². The van der Waals surface area contributed by atoms with Crippen molar-refractivity contribution in [2.45, 2.75) is 60.2 Å². The average molecular weight is 504 g/mol. The van der Waals surface area contributed by atoms with Crippen molar-refractivity contribution in [1.29, 1.82) is 0 Å². The Labute approximate surface area is 221 Å². The summed E-state index contributed by atoms with van der Waals surface area (Å²) in [5.41, 5.74) is 3.58. The number of aryl methyl sites for hydroxylation is 1. The summed E-state index contributed by atoms with van der Waals surface area (Å²) in [4.78, 5) is 30.3. The molecule has 0 saturated heterocycles. The molecule has 0 saturated carbocycles. The summed E-state index contributed by atoms with van der Waals surface area (Å²) in [5.74, 6) is 0.642. The zero-order valence-electron chi connectivity index (χ0n) is 22.9. The first-order chi connectivity index (χ1) is 17.8. The van der Waals surface area contributed by atoms with Gasteiger partial charge in [-0.3, -0.25) is 9.59 Å². The second-order valence-corrected chi connectivity index (χ2v) is 10.1. The maximum atomic E-state index is 13.6. The molecule has 3 aromatic rings. The normalized spacial score (nSPS) is 11.8. The Morgan fingerprint density at radius 3 is 2.30 bits per heavy atom. The Morgan fingerprint density at radius 2 is 1.62 bits per heavy atom. The molecule has 6 nitrogen and oxygen atoms in total. The molecule has 0 aliphatic carbocycles. The van der Waals surface area contributed by atoms with Crippen LogP contribution in [0.5, 0.6) is 5.75 Å². The maximum Gasteiger partial charge on any atom is 0.260 e. The number of hydrogen-bond acceptors (Lipinski definition) is 3. The minimum absolute atomic E-state index is 0.0397. The molecule has 0 fully saturated rings. The van der Waals surface area contributed by atoms with E-state index in [1.165, 1.54) is 11.1 Å². The highest BCUT2D eigenvalue weighted by Crippen LogP contribution is 2.17. The molecule has 0 N–H and O–H groups in total. The van der Waals surface area contributed by atoms with Gasteiger partial charge in [0.25, 0.3) is 5.91 Å². The van der Waals surface area contributed by atoms with Crippen molar-refractivity contribution in [3.05, 3.63) is 89.7 Å². The molecule has 0 aliphatic heterocycles. The first-order valence-electron chi connectivity index (χ1n) is 13.2. The van der Waals surface area contributed by atoms with Gasteiger partial charge in [0.2, 0.25) is 5.91 Å². The molecule has 1 aromatic heterocycles. The van der Waals surface area contributed by atoms with Crippen molar-refractivity contribution in [2.75, 3.05) is 19.7 Å². The minimum Gasteiger partial charge on any atom is -0.484 e. The van der Waals surface area contributed by atoms with Gasteiger partial charge in [-0.15, -0.1) is 0 Å². The number of carbonyl (C=O) groups excluding carboxylic acids is 2. The van der Waals surface area contributed by atoms with Gasteiger partial charge in [0.1, 0.15) is 5.75 Å². The van der Waals surface area contributed by atoms with Gasteiger partial charge in [-0.05, 0) is 61.6 Å². The van der Waals surface area contributed by atoms with Crippen molar-refractivity contribution < 1.29 is 14.3 Å². The zero-order valence-corrected chi connectivity index (χ0v) is 22.9. The van der Waals surface area contributed by atoms with Crippen molar-refractivity contribution in [3.8, 4) is 5.75 Å². The fraction of sp³-hybridized carbons (Fsp3) is 0.419. The molecule has 0 bridgehead atoms. The summed E-state index contributed by atoms with van der Waals surface area (Å²) in [6.45, 7) is 12.1. The third kappa shape index (κ3) is 8.24. The Bertz CT molecular complexity index is 1140. The molecule has 198 valence electrons. The molecule has 3 rings (SSSR count). The van der Waals surface area contributed by atoms with E-state index in [1.54, 1.807) is 4.90 Å². The molecule has 0 radical (unpaired) electrons. The summed E-state index contributed by atoms with van der Waals surface area (Å²) in [5, 5.41) is 0. The molecular weight excluding hydrogens is 462 g/mol. The standard InChI is InChI=1S/C31H41N3O3/c1-6-26(5)34(21-28-15-12-18-32(28)20-27-14-11-10-13-25(27)4)30(35)22-33(19-24(2)3)31(36)23-37-29-16-8-7-9-17-29/h7-18,24,26H,6,19-23H2,1-5H3. The molecular formula is C31H41N3O3. The maximum absolute atomic E-state index is 13.6. The summed E-state index contributed by atoms with van der Waals surface area (Å²) in [6, 6.07) is 21.8. The largest absolute Gasteiger partial charge is 0.484 e. The van der Waals surface area contributed by atoms with Crippen LogP contribution in [0.4, 0.5) is 0 Å². The van der Waals surface area contributed by atoms with Crippen LogP contribution in [0.25, 0.3) is 0 Å². The van der Waals surface area contributed by atoms with Gasteiger partial charge in [-0.1, -0.05) is 63.2 Å². The molecule has 2 aromatic carbocycles. The van der Waals surface area contributed by atoms with Crippen LogP contribution in [0, 0.1) is 12.8 Å². The lowest BCUT2D eigenvalue weighted by Crippen LogP contribution is -2.48. The average Bonchev–Trinajstić information content (AvgIpc) is 3.33. The van der Waals surface area contributed by atoms with Crippen LogP contribution in [0.2, 0.25) is 0 Å². The predicted octanol–water partition coefficient (Wildman–Crippen LogP) is 5.54. The smallest absolute Gasteiger partial charge is 0.260 e. The molecule has 0 aliphatic rings. The Hall–Kier alpha value is -3.54. The van der Waals surface area contributed by atoms with Crippen LogP contribution in [0.3, 0.4) is 0 Å². The lowest BCUT2D eigenvalue weighted by molar-refractivity contribution is -0.143. The van der Waals surface area contributed by atoms with Gasteiger partial charge in [0.15, 0.2) is 6.61 Å². The van der Waals surface area contributed by atoms with E-state index in [2.05, 4.69) is 55.8 Å². The van der Waals surface area contributed by atoms with Crippen molar-refractivity contribution in [3.63, 3.8) is 0 Å². The third-order valence-corrected chi connectivity index (χ3v) is 6.67. The van der Waals surface area contributed by atoms with E-state index in [0.717, 1.165) is 18.7 Å². The summed E-state index contributed by atoms with van der Waals surface area (Å²) in [7, 11) is 0. The van der Waals surface area contributed by atoms with Crippen molar-refractivity contribution in [1.82, 2.24) is 14.4 Å². The summed E-state index contributed by atoms with van der Waals surface area (Å²) in [6.07, 6.45) is 2.90. The van der Waals surface area contributed by atoms with E-state index in [0.29, 0.717) is 18.8 Å². The second-order valence-electron chi connectivity index (χ2n) is 10.1. The first-order valence-corrected chi connectivity index (χ1v) is 13.2. The van der Waals surface area contributed by atoms with Crippen LogP contribution in [0.15, 0.2) is 72.9 Å². The third-order valence-electron chi connectivity index (χ3n) is 6.67. The number of hydrogen-bond donors (Lipinski definition) is 0. The zero-order chi connectivity index (χ0) is 26.8. The molecule has 1 unspecified atom stereocenters. The highest BCUT2D eigenvalue weighted by Gasteiger charge is 2.26. The lowest BCUT2D eigenvalue weighted by atomic mass is 10.1. The fourth-order valence-electron chi connectivity index (χ4n) is 4.31. The van der Waals surface area contributed by atoms with Crippen molar-refractivity contribution >= 4 is 11.8 Å². The molecule has 6 heteroatoms. The van der Waals surface area contributed by atoms with Gasteiger partial charge in [0.05, 0.1) is 13.1 Å². The molecule has 0 spiro atoms. The van der Waals surface area contributed by atoms with E-state index >= 15 is 0 Å². The highest BCUT2D eigenvalue weighted by molar-refractivity contribution is 5.85. The highest BCUT2D eigenvalue weighted by atomic mass is 16.5. The monoisotopic (exact) mass is 503 g/mol. The van der Waals surface area contributed by atoms with Crippen LogP contribution < -0.4 is 4.74 Å². The van der Waals surface area contributed by atoms with E-state index in [4.69, 9.17) is 4.74 Å². The number of benzene rings is 2. The number of rotatable bonds is 13. The van der Waals surface area contributed by atoms with E-state index in [1.807, 2.05) is 61.2 Å². The van der Waals surface area contributed by atoms with E-state index in [-0.39, 0.29) is 36.9 Å². The number of carbonyl (C=O) groups is 2. The topological polar surface area (TPSA) is 54.8 Å². The molecule has 37 heavy (non-hydrogen) atoms. The van der Waals surface area contributed by atoms with Gasteiger partial charge in [-0.25, -0.2) is 0 Å². The SMILES string of the molecule is CCC(C)N(Cc1cccn1Cc1ccccc1C)C(=O)CN(CC(C)C)C(=O)COc1ccccc1. The molecule has 1 atom stereocenters. The number of nitrogens with zero attached hydrogens (tertiary/aromatic N) is 3.